The lowest BCUT2D eigenvalue weighted by Gasteiger charge is -2.04. The van der Waals surface area contributed by atoms with Crippen LogP contribution in [0.1, 0.15) is 0 Å². The van der Waals surface area contributed by atoms with E-state index < -0.39 is 22.6 Å². The Morgan fingerprint density at radius 2 is 1.07 bits per heavy atom. The lowest BCUT2D eigenvalue weighted by molar-refractivity contribution is 0.205. The number of rotatable bonds is 4. The van der Waals surface area contributed by atoms with E-state index >= 15 is 0 Å². The third-order valence-corrected chi connectivity index (χ3v) is 1.75. The number of nitriles is 4. The molecule has 0 aromatic carbocycles. The van der Waals surface area contributed by atoms with E-state index in [9.17, 15) is 8.42 Å². The molecular formula is C6H2N4O4S. The molecule has 0 spiro atoms. The van der Waals surface area contributed by atoms with E-state index in [1.807, 2.05) is 0 Å². The molecule has 0 amide bonds. The van der Waals surface area contributed by atoms with Crippen molar-refractivity contribution >= 4 is 10.4 Å². The Morgan fingerprint density at radius 3 is 1.27 bits per heavy atom. The van der Waals surface area contributed by atoms with E-state index in [0.717, 1.165) is 0 Å². The Morgan fingerprint density at radius 1 is 0.800 bits per heavy atom. The van der Waals surface area contributed by atoms with Crippen LogP contribution in [0.15, 0.2) is 0 Å². The van der Waals surface area contributed by atoms with E-state index in [4.69, 9.17) is 21.0 Å². The molecule has 9 heteroatoms. The average Bonchev–Trinajstić information content (AvgIpc) is 2.22. The summed E-state index contributed by atoms with van der Waals surface area (Å²) in [7, 11) is -4.72. The smallest absolute Gasteiger partial charge is 0.214 e. The van der Waals surface area contributed by atoms with E-state index in [1.54, 1.807) is 0 Å². The van der Waals surface area contributed by atoms with Crippen LogP contribution in [-0.2, 0) is 18.8 Å². The van der Waals surface area contributed by atoms with Gasteiger partial charge in [-0.05, 0) is 0 Å². The fourth-order valence-electron chi connectivity index (χ4n) is 0.402. The summed E-state index contributed by atoms with van der Waals surface area (Å²) in [5, 5.41) is 32.8. The quantitative estimate of drug-likeness (QED) is 0.598. The predicted octanol–water partition coefficient (Wildman–Crippen LogP) is -0.904. The Labute approximate surface area is 85.4 Å². The van der Waals surface area contributed by atoms with E-state index in [1.165, 1.54) is 24.3 Å². The van der Waals surface area contributed by atoms with Crippen molar-refractivity contribution in [2.45, 2.75) is 12.2 Å². The van der Waals surface area contributed by atoms with Crippen LogP contribution in [0.25, 0.3) is 0 Å². The molecular weight excluding hydrogens is 224 g/mol. The van der Waals surface area contributed by atoms with Crippen LogP contribution in [0.2, 0.25) is 0 Å². The van der Waals surface area contributed by atoms with Crippen LogP contribution >= 0.6 is 0 Å². The SMILES string of the molecule is N#CC(C#N)OS(=O)(=O)OC(C#N)C#N. The van der Waals surface area contributed by atoms with Gasteiger partial charge in [-0.15, -0.1) is 0 Å². The van der Waals surface area contributed by atoms with Crippen LogP contribution in [0.5, 0.6) is 0 Å². The molecule has 15 heavy (non-hydrogen) atoms. The van der Waals surface area contributed by atoms with Gasteiger partial charge in [0, 0.05) is 0 Å². The van der Waals surface area contributed by atoms with Crippen LogP contribution < -0.4 is 0 Å². The summed E-state index contributed by atoms with van der Waals surface area (Å²) in [5.74, 6) is 0. The maximum Gasteiger partial charge on any atom is 0.404 e. The van der Waals surface area contributed by atoms with Crippen LogP contribution in [-0.4, -0.2) is 20.6 Å². The van der Waals surface area contributed by atoms with Crippen molar-refractivity contribution in [1.29, 1.82) is 21.0 Å². The molecule has 0 unspecified atom stereocenters. The van der Waals surface area contributed by atoms with Gasteiger partial charge in [-0.1, -0.05) is 0 Å². The predicted molar refractivity (Wildman–Crippen MR) is 41.1 cm³/mol. The third-order valence-electron chi connectivity index (χ3n) is 0.897. The van der Waals surface area contributed by atoms with E-state index in [2.05, 4.69) is 8.37 Å². The standard InChI is InChI=1S/C6H2N4O4S/c7-1-5(2-8)13-15(11,12)14-6(3-9)4-10/h5-6H. The summed E-state index contributed by atoms with van der Waals surface area (Å²) in [6.45, 7) is 0. The van der Waals surface area contributed by atoms with E-state index in [0.29, 0.717) is 0 Å². The zero-order valence-electron chi connectivity index (χ0n) is 6.98. The second-order valence-corrected chi connectivity index (χ2v) is 3.08. The summed E-state index contributed by atoms with van der Waals surface area (Å²) in [5.41, 5.74) is 0. The van der Waals surface area contributed by atoms with Gasteiger partial charge in [0.1, 0.15) is 24.3 Å². The molecule has 0 N–H and O–H groups in total. The fraction of sp³-hybridized carbons (Fsp3) is 0.333. The monoisotopic (exact) mass is 226 g/mol. The van der Waals surface area contributed by atoms with Gasteiger partial charge in [-0.25, -0.2) is 8.37 Å². The number of hydrogen-bond donors (Lipinski definition) is 0. The lowest BCUT2D eigenvalue weighted by Crippen LogP contribution is -2.21. The van der Waals surface area contributed by atoms with Gasteiger partial charge in [-0.3, -0.25) is 0 Å². The van der Waals surface area contributed by atoms with Gasteiger partial charge in [-0.2, -0.15) is 29.5 Å². The first-order valence-electron chi connectivity index (χ1n) is 3.19. The minimum absolute atomic E-state index is 1.21. The Kier molecular flexibility index (Phi) is 4.74. The van der Waals surface area contributed by atoms with Gasteiger partial charge in [0.2, 0.25) is 0 Å². The van der Waals surface area contributed by atoms with Crippen LogP contribution in [0, 0.1) is 45.3 Å². The second-order valence-electron chi connectivity index (χ2n) is 1.88. The second kappa shape index (κ2) is 5.54. The maximum atomic E-state index is 10.8. The topological polar surface area (TPSA) is 148 Å². The highest BCUT2D eigenvalue weighted by Gasteiger charge is 2.24. The molecule has 0 atom stereocenters. The molecule has 0 aliphatic rings. The van der Waals surface area contributed by atoms with Gasteiger partial charge in [0.05, 0.1) is 0 Å². The molecule has 0 rings (SSSR count). The molecule has 0 aromatic heterocycles. The van der Waals surface area contributed by atoms with E-state index in [-0.39, 0.29) is 0 Å². The van der Waals surface area contributed by atoms with Gasteiger partial charge in [0.25, 0.3) is 12.2 Å². The normalized spacial score (nSPS) is 10.0. The molecule has 8 nitrogen and oxygen atoms in total. The van der Waals surface area contributed by atoms with Crippen molar-refractivity contribution in [3.8, 4) is 24.3 Å². The zero-order chi connectivity index (χ0) is 11.9. The molecule has 0 aromatic rings. The summed E-state index contributed by atoms with van der Waals surface area (Å²) in [4.78, 5) is 0. The summed E-state index contributed by atoms with van der Waals surface area (Å²) in [6.07, 6.45) is -3.76. The molecule has 0 saturated carbocycles. The highest BCUT2D eigenvalue weighted by molar-refractivity contribution is 7.81. The number of hydrogen-bond acceptors (Lipinski definition) is 8. The summed E-state index contributed by atoms with van der Waals surface area (Å²) in [6, 6.07) is 4.84. The largest absolute Gasteiger partial charge is 0.404 e. The Balaban J connectivity index is 4.64. The van der Waals surface area contributed by atoms with Crippen molar-refractivity contribution in [2.24, 2.45) is 0 Å². The van der Waals surface area contributed by atoms with Crippen LogP contribution in [0.4, 0.5) is 0 Å². The van der Waals surface area contributed by atoms with Gasteiger partial charge in [0.15, 0.2) is 0 Å². The Bertz CT molecular complexity index is 417. The Hall–Kier alpha value is -2.17. The molecule has 0 heterocycles. The maximum absolute atomic E-state index is 10.8. The number of nitrogens with zero attached hydrogens (tertiary/aromatic N) is 4. The van der Waals surface area contributed by atoms with Gasteiger partial charge >= 0.3 is 10.4 Å². The van der Waals surface area contributed by atoms with Gasteiger partial charge < -0.3 is 0 Å². The first-order chi connectivity index (χ1) is 6.99. The minimum Gasteiger partial charge on any atom is -0.214 e. The average molecular weight is 226 g/mol. The first kappa shape index (κ1) is 12.8. The highest BCUT2D eigenvalue weighted by Crippen LogP contribution is 2.04. The third kappa shape index (κ3) is 4.56. The lowest BCUT2D eigenvalue weighted by atomic mass is 10.5. The molecule has 0 fully saturated rings. The molecule has 0 aliphatic carbocycles. The minimum atomic E-state index is -4.72. The first-order valence-corrected chi connectivity index (χ1v) is 4.52. The fourth-order valence-corrected chi connectivity index (χ4v) is 1.09. The molecule has 0 aliphatic heterocycles. The van der Waals surface area contributed by atoms with Crippen molar-refractivity contribution < 1.29 is 16.8 Å². The highest BCUT2D eigenvalue weighted by atomic mass is 32.3. The van der Waals surface area contributed by atoms with Crippen molar-refractivity contribution in [3.63, 3.8) is 0 Å². The molecule has 0 radical (unpaired) electrons. The van der Waals surface area contributed by atoms with Crippen molar-refractivity contribution in [2.75, 3.05) is 0 Å². The molecule has 0 saturated heterocycles. The molecule has 76 valence electrons. The summed E-state index contributed by atoms with van der Waals surface area (Å²) < 4.78 is 29.5. The molecule has 0 bridgehead atoms. The van der Waals surface area contributed by atoms with Crippen LogP contribution in [0.3, 0.4) is 0 Å². The zero-order valence-corrected chi connectivity index (χ0v) is 7.80. The van der Waals surface area contributed by atoms with Crippen molar-refractivity contribution in [3.05, 3.63) is 0 Å². The van der Waals surface area contributed by atoms with Crippen molar-refractivity contribution in [1.82, 2.24) is 0 Å². The summed E-state index contributed by atoms with van der Waals surface area (Å²) >= 11 is 0.